The molecule has 262 valence electrons. The van der Waals surface area contributed by atoms with Crippen molar-refractivity contribution in [3.05, 3.63) is 212 Å². The minimum atomic E-state index is 0.922. The van der Waals surface area contributed by atoms with Crippen molar-refractivity contribution in [2.75, 3.05) is 0 Å². The Balaban J connectivity index is 1.20. The molecule has 0 atom stereocenters. The Morgan fingerprint density at radius 1 is 0.286 bits per heavy atom. The third kappa shape index (κ3) is 5.17. The Bertz CT molecular complexity index is 3230. The van der Waals surface area contributed by atoms with Gasteiger partial charge < -0.3 is 9.13 Å². The predicted molar refractivity (Wildman–Crippen MR) is 235 cm³/mol. The van der Waals surface area contributed by atoms with E-state index in [1.165, 1.54) is 49.3 Å². The van der Waals surface area contributed by atoms with E-state index in [4.69, 9.17) is 4.98 Å². The van der Waals surface area contributed by atoms with E-state index in [1.807, 2.05) is 0 Å². The first-order valence-electron chi connectivity index (χ1n) is 19.1. The van der Waals surface area contributed by atoms with Crippen molar-refractivity contribution in [1.29, 1.82) is 0 Å². The average Bonchev–Trinajstić information content (AvgIpc) is 3.78. The highest BCUT2D eigenvalue weighted by Gasteiger charge is 2.21. The summed E-state index contributed by atoms with van der Waals surface area (Å²) in [5.74, 6) is 0. The molecule has 0 aliphatic carbocycles. The molecule has 8 aromatic carbocycles. The summed E-state index contributed by atoms with van der Waals surface area (Å²) < 4.78 is 4.85. The Labute approximate surface area is 325 Å². The largest absolute Gasteiger partial charge is 0.309 e. The topological polar surface area (TPSA) is 22.8 Å². The number of aromatic nitrogens is 3. The molecule has 0 spiro atoms. The van der Waals surface area contributed by atoms with Crippen LogP contribution in [-0.4, -0.2) is 14.1 Å². The molecule has 0 aliphatic rings. The van der Waals surface area contributed by atoms with Gasteiger partial charge >= 0.3 is 0 Å². The van der Waals surface area contributed by atoms with E-state index in [1.54, 1.807) is 0 Å². The van der Waals surface area contributed by atoms with Crippen LogP contribution in [0.25, 0.3) is 99.8 Å². The SMILES string of the molecule is c1ccc(-c2cc(-c3ccccc3-c3ccccc3)cc(-c3ccccc3-n3c4ccccc4c4cc5c6ccccc6n(-c6ccccc6)c5cc43)n2)cc1. The molecule has 0 saturated carbocycles. The highest BCUT2D eigenvalue weighted by Crippen LogP contribution is 2.42. The lowest BCUT2D eigenvalue weighted by Gasteiger charge is -2.17. The quantitative estimate of drug-likeness (QED) is 0.168. The van der Waals surface area contributed by atoms with Crippen molar-refractivity contribution in [3.63, 3.8) is 0 Å². The highest BCUT2D eigenvalue weighted by molar-refractivity contribution is 6.19. The molecule has 0 fully saturated rings. The van der Waals surface area contributed by atoms with Crippen molar-refractivity contribution in [1.82, 2.24) is 14.1 Å². The van der Waals surface area contributed by atoms with Crippen molar-refractivity contribution < 1.29 is 0 Å². The summed E-state index contributed by atoms with van der Waals surface area (Å²) in [6, 6.07) is 76.2. The van der Waals surface area contributed by atoms with Gasteiger partial charge in [0.25, 0.3) is 0 Å². The van der Waals surface area contributed by atoms with Gasteiger partial charge in [0.15, 0.2) is 0 Å². The van der Waals surface area contributed by atoms with E-state index in [-0.39, 0.29) is 0 Å². The van der Waals surface area contributed by atoms with Gasteiger partial charge in [0.05, 0.1) is 39.1 Å². The van der Waals surface area contributed by atoms with Gasteiger partial charge in [0.1, 0.15) is 0 Å². The van der Waals surface area contributed by atoms with E-state index < -0.39 is 0 Å². The van der Waals surface area contributed by atoms with Crippen LogP contribution in [0.15, 0.2) is 212 Å². The summed E-state index contributed by atoms with van der Waals surface area (Å²) in [5.41, 5.74) is 15.6. The first-order chi connectivity index (χ1) is 27.8. The molecule has 0 aliphatic heterocycles. The lowest BCUT2D eigenvalue weighted by atomic mass is 9.93. The molecule has 3 aromatic heterocycles. The zero-order valence-electron chi connectivity index (χ0n) is 30.5. The molecule has 0 unspecified atom stereocenters. The number of benzene rings is 8. The highest BCUT2D eigenvalue weighted by atomic mass is 15.0. The third-order valence-corrected chi connectivity index (χ3v) is 11.1. The summed E-state index contributed by atoms with van der Waals surface area (Å²) in [4.78, 5) is 5.45. The van der Waals surface area contributed by atoms with Crippen molar-refractivity contribution in [2.45, 2.75) is 0 Å². The lowest BCUT2D eigenvalue weighted by Crippen LogP contribution is -2.00. The smallest absolute Gasteiger partial charge is 0.0736 e. The van der Waals surface area contributed by atoms with Gasteiger partial charge in [-0.1, -0.05) is 158 Å². The van der Waals surface area contributed by atoms with Crippen molar-refractivity contribution in [3.8, 4) is 56.1 Å². The molecule has 0 saturated heterocycles. The molecule has 3 heteroatoms. The summed E-state index contributed by atoms with van der Waals surface area (Å²) in [7, 11) is 0. The summed E-state index contributed by atoms with van der Waals surface area (Å²) in [6.07, 6.45) is 0. The molecule has 3 heterocycles. The third-order valence-electron chi connectivity index (χ3n) is 11.1. The maximum atomic E-state index is 5.45. The van der Waals surface area contributed by atoms with Crippen LogP contribution in [0.1, 0.15) is 0 Å². The van der Waals surface area contributed by atoms with Gasteiger partial charge in [-0.15, -0.1) is 0 Å². The second-order valence-electron chi connectivity index (χ2n) is 14.3. The minimum Gasteiger partial charge on any atom is -0.309 e. The fraction of sp³-hybridized carbons (Fsp3) is 0. The summed E-state index contributed by atoms with van der Waals surface area (Å²) in [5, 5.41) is 4.93. The van der Waals surface area contributed by atoms with Crippen LogP contribution >= 0.6 is 0 Å². The number of fused-ring (bicyclic) bond motifs is 6. The normalized spacial score (nSPS) is 11.6. The number of rotatable bonds is 6. The molecule has 11 aromatic rings. The van der Waals surface area contributed by atoms with Crippen LogP contribution in [0.5, 0.6) is 0 Å². The zero-order valence-corrected chi connectivity index (χ0v) is 30.5. The zero-order chi connectivity index (χ0) is 37.0. The van der Waals surface area contributed by atoms with Gasteiger partial charge in [-0.3, -0.25) is 0 Å². The maximum Gasteiger partial charge on any atom is 0.0736 e. The second-order valence-corrected chi connectivity index (χ2v) is 14.3. The van der Waals surface area contributed by atoms with E-state index in [0.29, 0.717) is 0 Å². The number of para-hydroxylation sites is 4. The Morgan fingerprint density at radius 3 is 1.45 bits per heavy atom. The first-order valence-corrected chi connectivity index (χ1v) is 19.1. The molecule has 3 nitrogen and oxygen atoms in total. The average molecular weight is 714 g/mol. The minimum absolute atomic E-state index is 0.922. The molecule has 11 rings (SSSR count). The van der Waals surface area contributed by atoms with Gasteiger partial charge in [-0.2, -0.15) is 0 Å². The Morgan fingerprint density at radius 2 is 0.768 bits per heavy atom. The standard InChI is InChI=1S/C53H35N3/c1-4-18-36(19-5-1)40-24-10-11-25-41(40)38-32-47(37-20-6-2-7-21-37)54-48(33-38)44-28-14-17-31-51(44)56-50-30-16-13-27-43(50)46-34-45-42-26-12-15-29-49(42)55(52(45)35-53(46)56)39-22-8-3-9-23-39/h1-35H. The van der Waals surface area contributed by atoms with Crippen LogP contribution < -0.4 is 0 Å². The Kier molecular flexibility index (Phi) is 7.49. The van der Waals surface area contributed by atoms with Crippen LogP contribution in [-0.2, 0) is 0 Å². The van der Waals surface area contributed by atoms with Gasteiger partial charge in [0.2, 0.25) is 0 Å². The van der Waals surface area contributed by atoms with Crippen LogP contribution in [0, 0.1) is 0 Å². The van der Waals surface area contributed by atoms with Crippen LogP contribution in [0.2, 0.25) is 0 Å². The number of nitrogens with zero attached hydrogens (tertiary/aromatic N) is 3. The molecule has 0 radical (unpaired) electrons. The fourth-order valence-electron chi connectivity index (χ4n) is 8.62. The van der Waals surface area contributed by atoms with Gasteiger partial charge in [-0.05, 0) is 76.9 Å². The molecular formula is C53H35N3. The fourth-order valence-corrected chi connectivity index (χ4v) is 8.62. The molecule has 0 amide bonds. The molecular weight excluding hydrogens is 679 g/mol. The van der Waals surface area contributed by atoms with Gasteiger partial charge in [-0.25, -0.2) is 4.98 Å². The Hall–Kier alpha value is -7.49. The molecule has 0 N–H and O–H groups in total. The van der Waals surface area contributed by atoms with Crippen LogP contribution in [0.4, 0.5) is 0 Å². The molecule has 56 heavy (non-hydrogen) atoms. The summed E-state index contributed by atoms with van der Waals surface area (Å²) in [6.45, 7) is 0. The van der Waals surface area contributed by atoms with E-state index in [9.17, 15) is 0 Å². The van der Waals surface area contributed by atoms with Crippen molar-refractivity contribution >= 4 is 43.6 Å². The van der Waals surface area contributed by atoms with E-state index in [2.05, 4.69) is 221 Å². The van der Waals surface area contributed by atoms with E-state index >= 15 is 0 Å². The predicted octanol–water partition coefficient (Wildman–Crippen LogP) is 13.9. The van der Waals surface area contributed by atoms with Gasteiger partial charge in [0, 0.05) is 38.4 Å². The number of hydrogen-bond acceptors (Lipinski definition) is 1. The first kappa shape index (κ1) is 32.0. The van der Waals surface area contributed by atoms with Crippen LogP contribution in [0.3, 0.4) is 0 Å². The maximum absolute atomic E-state index is 5.45. The second kappa shape index (κ2) is 13.1. The monoisotopic (exact) mass is 713 g/mol. The van der Waals surface area contributed by atoms with E-state index in [0.717, 1.165) is 50.5 Å². The summed E-state index contributed by atoms with van der Waals surface area (Å²) >= 11 is 0. The van der Waals surface area contributed by atoms with Crippen molar-refractivity contribution in [2.24, 2.45) is 0 Å². The number of pyridine rings is 1. The molecule has 0 bridgehead atoms. The lowest BCUT2D eigenvalue weighted by molar-refractivity contribution is 1.16. The number of hydrogen-bond donors (Lipinski definition) is 0.